The van der Waals surface area contributed by atoms with Crippen molar-refractivity contribution in [3.8, 4) is 0 Å². The van der Waals surface area contributed by atoms with Crippen LogP contribution < -0.4 is 11.5 Å². The molecule has 0 aromatic carbocycles. The maximum atomic E-state index is 5.51. The van der Waals surface area contributed by atoms with Gasteiger partial charge in [-0.15, -0.1) is 0 Å². The summed E-state index contributed by atoms with van der Waals surface area (Å²) in [6.45, 7) is 5.39. The Hall–Kier alpha value is -0.160. The van der Waals surface area contributed by atoms with E-state index in [-0.39, 0.29) is 5.41 Å². The van der Waals surface area contributed by atoms with Crippen molar-refractivity contribution >= 4 is 0 Å². The summed E-state index contributed by atoms with van der Waals surface area (Å²) in [6, 6.07) is 0. The van der Waals surface area contributed by atoms with Gasteiger partial charge in [0, 0.05) is 18.5 Å². The Kier molecular flexibility index (Phi) is 4.12. The molecular weight excluding hydrogens is 168 g/mol. The molecule has 4 heteroatoms. The van der Waals surface area contributed by atoms with Crippen LogP contribution in [0.25, 0.3) is 0 Å². The topological polar surface area (TPSA) is 70.5 Å². The first kappa shape index (κ1) is 10.9. The van der Waals surface area contributed by atoms with E-state index in [9.17, 15) is 0 Å². The van der Waals surface area contributed by atoms with Crippen molar-refractivity contribution < 1.29 is 9.47 Å². The largest absolute Gasteiger partial charge is 0.379 e. The lowest BCUT2D eigenvalue weighted by Crippen LogP contribution is -2.18. The summed E-state index contributed by atoms with van der Waals surface area (Å²) in [4.78, 5) is 0. The Bertz CT molecular complexity index is 155. The smallest absolute Gasteiger partial charge is 0.0659 e. The zero-order valence-electron chi connectivity index (χ0n) is 8.29. The fraction of sp³-hybridized carbons (Fsp3) is 1.00. The molecule has 1 unspecified atom stereocenters. The predicted molar refractivity (Wildman–Crippen MR) is 51.4 cm³/mol. The van der Waals surface area contributed by atoms with E-state index in [1.165, 1.54) is 0 Å². The van der Waals surface area contributed by atoms with Crippen molar-refractivity contribution in [1.82, 2.24) is 0 Å². The first-order valence-electron chi connectivity index (χ1n) is 4.82. The van der Waals surface area contributed by atoms with Gasteiger partial charge in [0.25, 0.3) is 0 Å². The van der Waals surface area contributed by atoms with Crippen molar-refractivity contribution in [2.24, 2.45) is 16.9 Å². The Labute approximate surface area is 79.6 Å². The lowest BCUT2D eigenvalue weighted by molar-refractivity contribution is 0.0491. The van der Waals surface area contributed by atoms with Gasteiger partial charge >= 0.3 is 0 Å². The highest BCUT2D eigenvalue weighted by atomic mass is 16.5. The van der Waals surface area contributed by atoms with Gasteiger partial charge in [0.1, 0.15) is 0 Å². The minimum atomic E-state index is 0.213. The number of ether oxygens (including phenoxy) is 2. The van der Waals surface area contributed by atoms with Crippen LogP contribution in [0.15, 0.2) is 0 Å². The van der Waals surface area contributed by atoms with Gasteiger partial charge in [0.15, 0.2) is 0 Å². The fourth-order valence-electron chi connectivity index (χ4n) is 1.38. The van der Waals surface area contributed by atoms with E-state index in [4.69, 9.17) is 20.9 Å². The van der Waals surface area contributed by atoms with Crippen LogP contribution in [0.2, 0.25) is 0 Å². The lowest BCUT2D eigenvalue weighted by Gasteiger charge is -2.11. The van der Waals surface area contributed by atoms with E-state index in [1.54, 1.807) is 0 Å². The van der Waals surface area contributed by atoms with E-state index < -0.39 is 0 Å². The van der Waals surface area contributed by atoms with Gasteiger partial charge in [-0.25, -0.2) is 0 Å². The van der Waals surface area contributed by atoms with E-state index in [1.807, 2.05) is 0 Å². The highest BCUT2D eigenvalue weighted by Gasteiger charge is 2.51. The molecule has 0 aromatic rings. The maximum absolute atomic E-state index is 5.51. The van der Waals surface area contributed by atoms with Gasteiger partial charge < -0.3 is 20.9 Å². The summed E-state index contributed by atoms with van der Waals surface area (Å²) in [6.07, 6.45) is 1.42. The molecule has 0 bridgehead atoms. The monoisotopic (exact) mass is 188 g/mol. The lowest BCUT2D eigenvalue weighted by atomic mass is 10.1. The van der Waals surface area contributed by atoms with Crippen LogP contribution in [0.4, 0.5) is 0 Å². The molecule has 1 aliphatic carbocycles. The number of nitrogens with two attached hydrogens (primary N) is 2. The normalized spacial score (nSPS) is 32.1. The van der Waals surface area contributed by atoms with Crippen molar-refractivity contribution in [2.75, 3.05) is 32.9 Å². The molecule has 0 amide bonds. The van der Waals surface area contributed by atoms with Gasteiger partial charge in [-0.2, -0.15) is 0 Å². The Morgan fingerprint density at radius 1 is 1.31 bits per heavy atom. The summed E-state index contributed by atoms with van der Waals surface area (Å²) < 4.78 is 10.9. The molecule has 1 fully saturated rings. The number of hydrogen-bond acceptors (Lipinski definition) is 4. The molecule has 1 aliphatic rings. The molecule has 0 radical (unpaired) electrons. The maximum Gasteiger partial charge on any atom is 0.0659 e. The summed E-state index contributed by atoms with van der Waals surface area (Å²) >= 11 is 0. The average molecular weight is 188 g/mol. The van der Waals surface area contributed by atoms with Crippen molar-refractivity contribution in [2.45, 2.75) is 19.4 Å². The van der Waals surface area contributed by atoms with E-state index in [0.29, 0.717) is 32.4 Å². The van der Waals surface area contributed by atoms with Gasteiger partial charge in [-0.3, -0.25) is 0 Å². The summed E-state index contributed by atoms with van der Waals surface area (Å²) in [5.74, 6) is 0. The van der Waals surface area contributed by atoms with Gasteiger partial charge in [0.2, 0.25) is 0 Å². The second kappa shape index (κ2) is 4.91. The van der Waals surface area contributed by atoms with Crippen LogP contribution in [0.1, 0.15) is 13.3 Å². The third kappa shape index (κ3) is 3.23. The van der Waals surface area contributed by atoms with Crippen LogP contribution in [-0.2, 0) is 9.47 Å². The quantitative estimate of drug-likeness (QED) is 0.539. The minimum Gasteiger partial charge on any atom is -0.379 e. The predicted octanol–water partition coefficient (Wildman–Crippen LogP) is -0.284. The van der Waals surface area contributed by atoms with Gasteiger partial charge in [-0.1, -0.05) is 6.92 Å². The first-order valence-corrected chi connectivity index (χ1v) is 4.82. The minimum absolute atomic E-state index is 0.213. The zero-order chi connectivity index (χ0) is 9.73. The standard InChI is InChI=1S/C9H20N2O2/c1-9(7-12-4-2-10)6-8(9)13-5-3-11/h8H,2-7,10-11H2,1H3/t8?,9-/m0/s1. The molecule has 1 saturated carbocycles. The molecular formula is C9H20N2O2. The number of rotatable bonds is 7. The molecule has 0 aliphatic heterocycles. The molecule has 4 N–H and O–H groups in total. The molecule has 1 rings (SSSR count). The molecule has 2 atom stereocenters. The Balaban J connectivity index is 2.06. The highest BCUT2D eigenvalue weighted by Crippen LogP contribution is 2.47. The van der Waals surface area contributed by atoms with Crippen LogP contribution in [0.5, 0.6) is 0 Å². The average Bonchev–Trinajstić information content (AvgIpc) is 2.75. The molecule has 4 nitrogen and oxygen atoms in total. The molecule has 0 spiro atoms. The second-order valence-electron chi connectivity index (χ2n) is 3.85. The Morgan fingerprint density at radius 2 is 2.00 bits per heavy atom. The van der Waals surface area contributed by atoms with Crippen molar-refractivity contribution in [3.05, 3.63) is 0 Å². The SMILES string of the molecule is C[C@@]1(COCCN)CC1OCCN. The van der Waals surface area contributed by atoms with Crippen molar-refractivity contribution in [3.63, 3.8) is 0 Å². The fourth-order valence-corrected chi connectivity index (χ4v) is 1.38. The third-order valence-electron chi connectivity index (χ3n) is 2.40. The summed E-state index contributed by atoms with van der Waals surface area (Å²) in [7, 11) is 0. The Morgan fingerprint density at radius 3 is 2.62 bits per heavy atom. The van der Waals surface area contributed by atoms with E-state index in [0.717, 1.165) is 13.0 Å². The van der Waals surface area contributed by atoms with Crippen molar-refractivity contribution in [1.29, 1.82) is 0 Å². The molecule has 0 saturated heterocycles. The highest BCUT2D eigenvalue weighted by molar-refractivity contribution is 5.00. The van der Waals surface area contributed by atoms with Crippen LogP contribution in [-0.4, -0.2) is 39.0 Å². The van der Waals surface area contributed by atoms with Crippen LogP contribution in [0, 0.1) is 5.41 Å². The molecule has 0 heterocycles. The first-order chi connectivity index (χ1) is 6.23. The third-order valence-corrected chi connectivity index (χ3v) is 2.40. The van der Waals surface area contributed by atoms with Gasteiger partial charge in [0.05, 0.1) is 25.9 Å². The molecule has 0 aromatic heterocycles. The van der Waals surface area contributed by atoms with E-state index >= 15 is 0 Å². The van der Waals surface area contributed by atoms with Gasteiger partial charge in [-0.05, 0) is 6.42 Å². The van der Waals surface area contributed by atoms with E-state index in [2.05, 4.69) is 6.92 Å². The summed E-state index contributed by atoms with van der Waals surface area (Å²) in [5, 5.41) is 0. The molecule has 13 heavy (non-hydrogen) atoms. The second-order valence-corrected chi connectivity index (χ2v) is 3.85. The zero-order valence-corrected chi connectivity index (χ0v) is 8.29. The number of hydrogen-bond donors (Lipinski definition) is 2. The molecule has 78 valence electrons. The van der Waals surface area contributed by atoms with Crippen LogP contribution >= 0.6 is 0 Å². The summed E-state index contributed by atoms with van der Waals surface area (Å²) in [5.41, 5.74) is 10.9. The van der Waals surface area contributed by atoms with Crippen LogP contribution in [0.3, 0.4) is 0 Å².